The highest BCUT2D eigenvalue weighted by Gasteiger charge is 2.28. The summed E-state index contributed by atoms with van der Waals surface area (Å²) in [5.41, 5.74) is 6.73. The second-order valence-electron chi connectivity index (χ2n) is 8.69. The Labute approximate surface area is 176 Å². The van der Waals surface area contributed by atoms with Gasteiger partial charge in [0.25, 0.3) is 0 Å². The SMILES string of the molecule is CNC1C=CN=C(CCOC(C)C)/C1=C/NCC1=CC(C)=C(C2CCC2)N(C)C1. The summed E-state index contributed by atoms with van der Waals surface area (Å²) in [5.74, 6) is 0.783. The Kier molecular flexibility index (Phi) is 7.73. The number of nitrogens with zero attached hydrogens (tertiary/aromatic N) is 2. The summed E-state index contributed by atoms with van der Waals surface area (Å²) in [6.07, 6.45) is 13.7. The molecule has 1 fully saturated rings. The number of likely N-dealkylation sites (N-methyl/N-ethyl adjacent to an activating group) is 2. The molecule has 0 saturated heterocycles. The van der Waals surface area contributed by atoms with Crippen molar-refractivity contribution in [1.82, 2.24) is 15.5 Å². The second-order valence-corrected chi connectivity index (χ2v) is 8.69. The molecular formula is C24H38N4O. The van der Waals surface area contributed by atoms with E-state index in [2.05, 4.69) is 66.7 Å². The molecule has 29 heavy (non-hydrogen) atoms. The molecule has 0 radical (unpaired) electrons. The average molecular weight is 399 g/mol. The van der Waals surface area contributed by atoms with Crippen LogP contribution in [0.5, 0.6) is 0 Å². The lowest BCUT2D eigenvalue weighted by atomic mass is 9.79. The molecule has 5 heteroatoms. The van der Waals surface area contributed by atoms with Crippen LogP contribution in [0.2, 0.25) is 0 Å². The van der Waals surface area contributed by atoms with E-state index in [1.807, 2.05) is 13.2 Å². The van der Waals surface area contributed by atoms with Crippen molar-refractivity contribution >= 4 is 5.71 Å². The molecule has 2 heterocycles. The normalized spacial score (nSPS) is 24.1. The van der Waals surface area contributed by atoms with Crippen LogP contribution < -0.4 is 10.6 Å². The van der Waals surface area contributed by atoms with Crippen LogP contribution in [0.1, 0.15) is 46.5 Å². The molecule has 0 aromatic rings. The molecule has 0 bridgehead atoms. The zero-order valence-corrected chi connectivity index (χ0v) is 18.8. The molecule has 160 valence electrons. The van der Waals surface area contributed by atoms with Crippen molar-refractivity contribution in [1.29, 1.82) is 0 Å². The Bertz CT molecular complexity index is 725. The van der Waals surface area contributed by atoms with Crippen LogP contribution in [0.4, 0.5) is 0 Å². The van der Waals surface area contributed by atoms with E-state index in [1.165, 1.54) is 36.0 Å². The van der Waals surface area contributed by atoms with Crippen LogP contribution in [0.15, 0.2) is 52.0 Å². The van der Waals surface area contributed by atoms with Gasteiger partial charge in [-0.25, -0.2) is 0 Å². The molecule has 1 unspecified atom stereocenters. The van der Waals surface area contributed by atoms with Crippen LogP contribution in [0.25, 0.3) is 0 Å². The van der Waals surface area contributed by atoms with Crippen molar-refractivity contribution in [2.75, 3.05) is 33.8 Å². The van der Waals surface area contributed by atoms with Gasteiger partial charge in [-0.15, -0.1) is 0 Å². The third-order valence-electron chi connectivity index (χ3n) is 6.03. The minimum absolute atomic E-state index is 0.184. The van der Waals surface area contributed by atoms with Gasteiger partial charge in [0.15, 0.2) is 0 Å². The van der Waals surface area contributed by atoms with Crippen LogP contribution in [-0.2, 0) is 4.74 Å². The number of hydrogen-bond acceptors (Lipinski definition) is 5. The van der Waals surface area contributed by atoms with Gasteiger partial charge < -0.3 is 20.3 Å². The van der Waals surface area contributed by atoms with E-state index in [4.69, 9.17) is 4.74 Å². The monoisotopic (exact) mass is 398 g/mol. The minimum Gasteiger partial charge on any atom is -0.387 e. The van der Waals surface area contributed by atoms with Gasteiger partial charge in [-0.2, -0.15) is 0 Å². The largest absolute Gasteiger partial charge is 0.387 e. The highest BCUT2D eigenvalue weighted by atomic mass is 16.5. The maximum atomic E-state index is 5.74. The zero-order valence-electron chi connectivity index (χ0n) is 18.8. The first kappa shape index (κ1) is 21.8. The van der Waals surface area contributed by atoms with Gasteiger partial charge in [0.1, 0.15) is 0 Å². The maximum Gasteiger partial charge on any atom is 0.0554 e. The predicted molar refractivity (Wildman–Crippen MR) is 122 cm³/mol. The lowest BCUT2D eigenvalue weighted by molar-refractivity contribution is 0.0845. The van der Waals surface area contributed by atoms with E-state index in [0.29, 0.717) is 6.61 Å². The molecule has 5 nitrogen and oxygen atoms in total. The molecule has 1 atom stereocenters. The van der Waals surface area contributed by atoms with Crippen molar-refractivity contribution < 1.29 is 4.74 Å². The standard InChI is InChI=1S/C24H38N4O/c1-17(2)29-12-10-23-21(22(25-4)9-11-27-23)15-26-14-19-13-18(3)24(28(5)16-19)20-7-6-8-20/h9,11,13,15,17,20,22,25-26H,6-8,10,12,14,16H2,1-5H3/b21-15+. The Morgan fingerprint density at radius 2 is 2.14 bits per heavy atom. The Morgan fingerprint density at radius 3 is 2.76 bits per heavy atom. The minimum atomic E-state index is 0.184. The summed E-state index contributed by atoms with van der Waals surface area (Å²) in [6, 6.07) is 0.184. The molecule has 0 amide bonds. The topological polar surface area (TPSA) is 48.9 Å². The van der Waals surface area contributed by atoms with E-state index < -0.39 is 0 Å². The first-order chi connectivity index (χ1) is 14.0. The first-order valence-corrected chi connectivity index (χ1v) is 11.1. The van der Waals surface area contributed by atoms with Crippen molar-refractivity contribution in [2.24, 2.45) is 10.9 Å². The Balaban J connectivity index is 1.63. The molecule has 0 aromatic heterocycles. The van der Waals surface area contributed by atoms with E-state index in [1.54, 1.807) is 5.70 Å². The lowest BCUT2D eigenvalue weighted by Gasteiger charge is -2.38. The summed E-state index contributed by atoms with van der Waals surface area (Å²) in [4.78, 5) is 7.08. The predicted octanol–water partition coefficient (Wildman–Crippen LogP) is 3.78. The third kappa shape index (κ3) is 5.61. The van der Waals surface area contributed by atoms with Gasteiger partial charge in [0, 0.05) is 55.9 Å². The molecule has 0 aromatic carbocycles. The molecular weight excluding hydrogens is 360 g/mol. The quantitative estimate of drug-likeness (QED) is 0.621. The fourth-order valence-electron chi connectivity index (χ4n) is 4.43. The van der Waals surface area contributed by atoms with Gasteiger partial charge in [0.05, 0.1) is 18.8 Å². The number of hydrogen-bond donors (Lipinski definition) is 2. The van der Waals surface area contributed by atoms with Crippen molar-refractivity contribution in [3.05, 3.63) is 47.0 Å². The van der Waals surface area contributed by atoms with Crippen LogP contribution in [-0.4, -0.2) is 56.5 Å². The number of allylic oxidation sites excluding steroid dienone is 3. The summed E-state index contributed by atoms with van der Waals surface area (Å²) < 4.78 is 5.74. The summed E-state index contributed by atoms with van der Waals surface area (Å²) in [7, 11) is 4.23. The second kappa shape index (κ2) is 10.3. The average Bonchev–Trinajstić information content (AvgIpc) is 2.63. The molecule has 2 aliphatic heterocycles. The van der Waals surface area contributed by atoms with Crippen LogP contribution >= 0.6 is 0 Å². The van der Waals surface area contributed by atoms with Crippen LogP contribution in [0, 0.1) is 5.92 Å². The first-order valence-electron chi connectivity index (χ1n) is 11.1. The molecule has 1 aliphatic carbocycles. The molecule has 3 rings (SSSR count). The number of aliphatic imine (C=N–C) groups is 1. The van der Waals surface area contributed by atoms with Crippen molar-refractivity contribution in [2.45, 2.75) is 58.6 Å². The van der Waals surface area contributed by atoms with Gasteiger partial charge in [-0.05, 0) is 63.8 Å². The number of ether oxygens (including phenoxy) is 1. The number of nitrogens with one attached hydrogen (secondary N) is 2. The van der Waals surface area contributed by atoms with Gasteiger partial charge in [-0.3, -0.25) is 4.99 Å². The smallest absolute Gasteiger partial charge is 0.0554 e. The molecule has 2 N–H and O–H groups in total. The van der Waals surface area contributed by atoms with Gasteiger partial charge >= 0.3 is 0 Å². The third-order valence-corrected chi connectivity index (χ3v) is 6.03. The summed E-state index contributed by atoms with van der Waals surface area (Å²) >= 11 is 0. The summed E-state index contributed by atoms with van der Waals surface area (Å²) in [6.45, 7) is 8.97. The van der Waals surface area contributed by atoms with Crippen molar-refractivity contribution in [3.8, 4) is 0 Å². The van der Waals surface area contributed by atoms with Crippen LogP contribution in [0.3, 0.4) is 0 Å². The van der Waals surface area contributed by atoms with E-state index in [9.17, 15) is 0 Å². The fourth-order valence-corrected chi connectivity index (χ4v) is 4.43. The van der Waals surface area contributed by atoms with E-state index in [-0.39, 0.29) is 12.1 Å². The Morgan fingerprint density at radius 1 is 1.34 bits per heavy atom. The highest BCUT2D eigenvalue weighted by Crippen LogP contribution is 2.38. The molecule has 3 aliphatic rings. The fraction of sp³-hybridized carbons (Fsp3) is 0.625. The number of rotatable bonds is 9. The van der Waals surface area contributed by atoms with Gasteiger partial charge in [-0.1, -0.05) is 12.5 Å². The van der Waals surface area contributed by atoms with Crippen molar-refractivity contribution in [3.63, 3.8) is 0 Å². The maximum absolute atomic E-state index is 5.74. The molecule has 0 spiro atoms. The molecule has 1 saturated carbocycles. The van der Waals surface area contributed by atoms with E-state index >= 15 is 0 Å². The van der Waals surface area contributed by atoms with E-state index in [0.717, 1.165) is 31.1 Å². The Hall–Kier alpha value is -1.85. The lowest BCUT2D eigenvalue weighted by Crippen LogP contribution is -2.35. The van der Waals surface area contributed by atoms with Gasteiger partial charge in [0.2, 0.25) is 0 Å². The highest BCUT2D eigenvalue weighted by molar-refractivity contribution is 6.02. The zero-order chi connectivity index (χ0) is 20.8. The summed E-state index contributed by atoms with van der Waals surface area (Å²) in [5, 5.41) is 6.93.